The molecule has 0 aromatic heterocycles. The lowest BCUT2D eigenvalue weighted by molar-refractivity contribution is -0.135. The highest BCUT2D eigenvalue weighted by molar-refractivity contribution is 4.92. The molecule has 18 heavy (non-hydrogen) atoms. The van der Waals surface area contributed by atoms with Crippen molar-refractivity contribution in [1.82, 2.24) is 5.32 Å². The van der Waals surface area contributed by atoms with Crippen LogP contribution in [0.2, 0.25) is 0 Å². The van der Waals surface area contributed by atoms with E-state index in [-0.39, 0.29) is 12.5 Å². The first kappa shape index (κ1) is 14.2. The second-order valence-corrected chi connectivity index (χ2v) is 6.16. The van der Waals surface area contributed by atoms with Crippen molar-refractivity contribution < 1.29 is 13.2 Å². The number of halogens is 3. The number of hydrogen-bond acceptors (Lipinski definition) is 1. The summed E-state index contributed by atoms with van der Waals surface area (Å²) in [6.45, 7) is 3.02. The summed E-state index contributed by atoms with van der Waals surface area (Å²) < 4.78 is 36.1. The van der Waals surface area contributed by atoms with Gasteiger partial charge in [0.05, 0.1) is 0 Å². The predicted molar refractivity (Wildman–Crippen MR) is 66.3 cm³/mol. The minimum Gasteiger partial charge on any atom is -0.314 e. The summed E-state index contributed by atoms with van der Waals surface area (Å²) in [6.07, 6.45) is 1.70. The molecular weight excluding hydrogens is 239 g/mol. The Balaban J connectivity index is 1.57. The topological polar surface area (TPSA) is 12.0 Å². The van der Waals surface area contributed by atoms with E-state index >= 15 is 0 Å². The lowest BCUT2D eigenvalue weighted by atomic mass is 9.97. The van der Waals surface area contributed by atoms with Crippen molar-refractivity contribution >= 4 is 0 Å². The van der Waals surface area contributed by atoms with Crippen LogP contribution in [0.1, 0.15) is 51.9 Å². The molecule has 106 valence electrons. The Morgan fingerprint density at radius 2 is 1.67 bits per heavy atom. The minimum atomic E-state index is -4.00. The summed E-state index contributed by atoms with van der Waals surface area (Å²) in [6, 6.07) is 0.215. The van der Waals surface area contributed by atoms with Gasteiger partial charge < -0.3 is 5.32 Å². The van der Waals surface area contributed by atoms with Crippen molar-refractivity contribution in [2.45, 2.75) is 64.1 Å². The summed E-state index contributed by atoms with van der Waals surface area (Å²) in [5.41, 5.74) is 0. The zero-order valence-electron chi connectivity index (χ0n) is 11.1. The largest absolute Gasteiger partial charge is 0.389 e. The Morgan fingerprint density at radius 3 is 2.11 bits per heavy atom. The molecule has 0 aliphatic heterocycles. The maximum absolute atomic E-state index is 12.0. The lowest BCUT2D eigenvalue weighted by Gasteiger charge is -2.20. The first-order valence-electron chi connectivity index (χ1n) is 7.26. The third-order valence-corrected chi connectivity index (χ3v) is 4.25. The van der Waals surface area contributed by atoms with Crippen LogP contribution in [-0.4, -0.2) is 18.8 Å². The van der Waals surface area contributed by atoms with Gasteiger partial charge in [-0.2, -0.15) is 13.2 Å². The van der Waals surface area contributed by atoms with Gasteiger partial charge in [0.2, 0.25) is 0 Å². The first-order valence-corrected chi connectivity index (χ1v) is 7.26. The predicted octanol–water partition coefficient (Wildman–Crippen LogP) is 4.13. The second-order valence-electron chi connectivity index (χ2n) is 6.16. The molecule has 0 amide bonds. The standard InChI is InChI=1S/C14H24F3N/c1-10(3-2-8-14(15,16)17)18-9-13(11-4-5-11)12-6-7-12/h10-13,18H,2-9H2,1H3. The summed E-state index contributed by atoms with van der Waals surface area (Å²) in [5, 5.41) is 3.44. The van der Waals surface area contributed by atoms with Gasteiger partial charge in [-0.25, -0.2) is 0 Å². The van der Waals surface area contributed by atoms with E-state index in [1.54, 1.807) is 0 Å². The molecule has 2 fully saturated rings. The van der Waals surface area contributed by atoms with E-state index < -0.39 is 12.6 Å². The van der Waals surface area contributed by atoms with Crippen LogP contribution in [0.3, 0.4) is 0 Å². The van der Waals surface area contributed by atoms with Crippen LogP contribution >= 0.6 is 0 Å². The van der Waals surface area contributed by atoms with Crippen molar-refractivity contribution in [1.29, 1.82) is 0 Å². The Labute approximate surface area is 108 Å². The van der Waals surface area contributed by atoms with Gasteiger partial charge >= 0.3 is 6.18 Å². The molecule has 1 N–H and O–H groups in total. The molecular formula is C14H24F3N. The van der Waals surface area contributed by atoms with E-state index in [0.717, 1.165) is 24.3 Å². The normalized spacial score (nSPS) is 22.5. The third-order valence-electron chi connectivity index (χ3n) is 4.25. The molecule has 0 heterocycles. The molecule has 0 radical (unpaired) electrons. The van der Waals surface area contributed by atoms with E-state index in [0.29, 0.717) is 6.42 Å². The van der Waals surface area contributed by atoms with Crippen LogP contribution in [0.5, 0.6) is 0 Å². The fraction of sp³-hybridized carbons (Fsp3) is 1.00. The van der Waals surface area contributed by atoms with Gasteiger partial charge in [-0.05, 0) is 69.7 Å². The monoisotopic (exact) mass is 263 g/mol. The molecule has 2 aliphatic rings. The van der Waals surface area contributed by atoms with Crippen molar-refractivity contribution in [3.63, 3.8) is 0 Å². The molecule has 1 atom stereocenters. The van der Waals surface area contributed by atoms with Gasteiger partial charge in [-0.1, -0.05) is 0 Å². The van der Waals surface area contributed by atoms with Crippen molar-refractivity contribution in [2.24, 2.45) is 17.8 Å². The van der Waals surface area contributed by atoms with Crippen molar-refractivity contribution in [2.75, 3.05) is 6.54 Å². The van der Waals surface area contributed by atoms with Crippen LogP contribution < -0.4 is 5.32 Å². The van der Waals surface area contributed by atoms with Crippen LogP contribution in [0, 0.1) is 17.8 Å². The Bertz CT molecular complexity index is 244. The number of rotatable bonds is 8. The molecule has 0 spiro atoms. The molecule has 0 aromatic rings. The van der Waals surface area contributed by atoms with E-state index in [2.05, 4.69) is 5.32 Å². The summed E-state index contributed by atoms with van der Waals surface area (Å²) in [7, 11) is 0. The molecule has 0 bridgehead atoms. The zero-order valence-corrected chi connectivity index (χ0v) is 11.1. The van der Waals surface area contributed by atoms with E-state index in [1.807, 2.05) is 6.92 Å². The van der Waals surface area contributed by atoms with Gasteiger partial charge in [-0.15, -0.1) is 0 Å². The maximum Gasteiger partial charge on any atom is 0.389 e. The smallest absolute Gasteiger partial charge is 0.314 e. The molecule has 2 saturated carbocycles. The average Bonchev–Trinajstić information content (AvgIpc) is 3.11. The maximum atomic E-state index is 12.0. The van der Waals surface area contributed by atoms with Crippen LogP contribution in [0.25, 0.3) is 0 Å². The lowest BCUT2D eigenvalue weighted by Crippen LogP contribution is -2.33. The van der Waals surface area contributed by atoms with Gasteiger partial charge in [0.1, 0.15) is 0 Å². The Morgan fingerprint density at radius 1 is 1.11 bits per heavy atom. The third kappa shape index (κ3) is 5.17. The van der Waals surface area contributed by atoms with Crippen LogP contribution in [0.4, 0.5) is 13.2 Å². The summed E-state index contributed by atoms with van der Waals surface area (Å²) in [5.74, 6) is 2.62. The first-order chi connectivity index (χ1) is 8.46. The quantitative estimate of drug-likeness (QED) is 0.694. The Hall–Kier alpha value is -0.250. The van der Waals surface area contributed by atoms with Gasteiger partial charge in [0, 0.05) is 12.5 Å². The van der Waals surface area contributed by atoms with Crippen LogP contribution in [0.15, 0.2) is 0 Å². The fourth-order valence-corrected chi connectivity index (χ4v) is 2.82. The van der Waals surface area contributed by atoms with E-state index in [4.69, 9.17) is 0 Å². The molecule has 2 aliphatic carbocycles. The molecule has 4 heteroatoms. The molecule has 1 unspecified atom stereocenters. The van der Waals surface area contributed by atoms with Crippen molar-refractivity contribution in [3.8, 4) is 0 Å². The van der Waals surface area contributed by atoms with E-state index in [1.165, 1.54) is 25.7 Å². The zero-order chi connectivity index (χ0) is 13.2. The highest BCUT2D eigenvalue weighted by Crippen LogP contribution is 2.48. The highest BCUT2D eigenvalue weighted by Gasteiger charge is 2.41. The number of hydrogen-bond donors (Lipinski definition) is 1. The number of nitrogens with one attached hydrogen (secondary N) is 1. The average molecular weight is 263 g/mol. The molecule has 1 nitrogen and oxygen atoms in total. The SMILES string of the molecule is CC(CCCC(F)(F)F)NCC(C1CC1)C1CC1. The number of alkyl halides is 3. The highest BCUT2D eigenvalue weighted by atomic mass is 19.4. The van der Waals surface area contributed by atoms with Gasteiger partial charge in [-0.3, -0.25) is 0 Å². The van der Waals surface area contributed by atoms with Crippen molar-refractivity contribution in [3.05, 3.63) is 0 Å². The van der Waals surface area contributed by atoms with Gasteiger partial charge in [0.25, 0.3) is 0 Å². The summed E-state index contributed by atoms with van der Waals surface area (Å²) in [4.78, 5) is 0. The minimum absolute atomic E-state index is 0.215. The van der Waals surface area contributed by atoms with Gasteiger partial charge in [0.15, 0.2) is 0 Å². The molecule has 2 rings (SSSR count). The van der Waals surface area contributed by atoms with E-state index in [9.17, 15) is 13.2 Å². The summed E-state index contributed by atoms with van der Waals surface area (Å²) >= 11 is 0. The second kappa shape index (κ2) is 5.81. The van der Waals surface area contributed by atoms with Crippen LogP contribution in [-0.2, 0) is 0 Å². The fourth-order valence-electron chi connectivity index (χ4n) is 2.82. The molecule has 0 saturated heterocycles. The molecule has 0 aromatic carbocycles. The Kier molecular flexibility index (Phi) is 4.57.